The lowest BCUT2D eigenvalue weighted by molar-refractivity contribution is -0.150. The molecule has 5 fully saturated rings. The molecule has 0 heterocycles. The van der Waals surface area contributed by atoms with Gasteiger partial charge < -0.3 is 5.11 Å². The maximum Gasteiger partial charge on any atom is 0.303 e. The van der Waals surface area contributed by atoms with Crippen LogP contribution in [0.4, 0.5) is 0 Å². The Labute approximate surface area is 185 Å². The van der Waals surface area contributed by atoms with Crippen molar-refractivity contribution in [2.75, 3.05) is 0 Å². The maximum absolute atomic E-state index is 11.2. The minimum absolute atomic E-state index is 0.343. The molecular formula is C28H46O2. The summed E-state index contributed by atoms with van der Waals surface area (Å²) in [6.07, 6.45) is 14.2. The van der Waals surface area contributed by atoms with Gasteiger partial charge in [-0.05, 0) is 121 Å². The van der Waals surface area contributed by atoms with Crippen LogP contribution in [0.3, 0.4) is 0 Å². The number of hydrogen-bond donors (Lipinski definition) is 1. The van der Waals surface area contributed by atoms with E-state index in [1.165, 1.54) is 57.8 Å². The van der Waals surface area contributed by atoms with Crippen molar-refractivity contribution in [1.29, 1.82) is 0 Å². The van der Waals surface area contributed by atoms with Crippen molar-refractivity contribution in [3.63, 3.8) is 0 Å². The zero-order chi connectivity index (χ0) is 21.7. The van der Waals surface area contributed by atoms with Crippen LogP contribution in [0.15, 0.2) is 0 Å². The van der Waals surface area contributed by atoms with Gasteiger partial charge >= 0.3 is 5.97 Å². The number of carbonyl (C=O) groups is 1. The first-order valence-electron chi connectivity index (χ1n) is 13.2. The van der Waals surface area contributed by atoms with Gasteiger partial charge in [0.05, 0.1) is 0 Å². The SMILES string of the molecule is C[C@H](CCC(=O)O)C1CC[C@@]2(C)C3CCC4C(C)(C)[C@@H](C)CC[C@@]45C[C@@]35CC[C@]12C. The fraction of sp³-hybridized carbons (Fsp3) is 0.964. The Hall–Kier alpha value is -0.530. The number of carboxylic acids is 1. The lowest BCUT2D eigenvalue weighted by Gasteiger charge is -2.63. The zero-order valence-corrected chi connectivity index (χ0v) is 20.5. The van der Waals surface area contributed by atoms with Gasteiger partial charge in [0, 0.05) is 6.42 Å². The van der Waals surface area contributed by atoms with Crippen LogP contribution < -0.4 is 0 Å². The standard InChI is InChI=1S/C28H46O2/c1-18(7-10-23(29)30)20-12-13-26(6)22-9-8-21-24(3,4)19(2)11-14-27(21)17-28(22,27)16-15-25(20,26)5/h18-22H,7-17H2,1-6H3,(H,29,30)/t18-,19+,20?,21?,22?,25-,26+,27-,28+/m1/s1. The largest absolute Gasteiger partial charge is 0.481 e. The Balaban J connectivity index is 1.44. The summed E-state index contributed by atoms with van der Waals surface area (Å²) in [5, 5.41) is 9.22. The van der Waals surface area contributed by atoms with E-state index in [0.717, 1.165) is 30.1 Å². The molecule has 0 aromatic heterocycles. The van der Waals surface area contributed by atoms with E-state index < -0.39 is 5.97 Å². The number of hydrogen-bond acceptors (Lipinski definition) is 1. The molecule has 3 unspecified atom stereocenters. The second-order valence-electron chi connectivity index (χ2n) is 13.8. The molecule has 9 atom stereocenters. The average Bonchev–Trinajstić information content (AvgIpc) is 3.26. The second kappa shape index (κ2) is 6.28. The molecule has 0 aromatic rings. The van der Waals surface area contributed by atoms with Crippen LogP contribution in [0.1, 0.15) is 112 Å². The molecule has 0 radical (unpaired) electrons. The molecule has 0 bridgehead atoms. The highest BCUT2D eigenvalue weighted by Gasteiger charge is 2.81. The Morgan fingerprint density at radius 1 is 0.900 bits per heavy atom. The molecular weight excluding hydrogens is 368 g/mol. The molecule has 0 aliphatic heterocycles. The van der Waals surface area contributed by atoms with Gasteiger partial charge in [-0.15, -0.1) is 0 Å². The fourth-order valence-electron chi connectivity index (χ4n) is 11.0. The molecule has 30 heavy (non-hydrogen) atoms. The van der Waals surface area contributed by atoms with Crippen LogP contribution >= 0.6 is 0 Å². The molecule has 2 spiro atoms. The first kappa shape index (κ1) is 21.3. The lowest BCUT2D eigenvalue weighted by atomic mass is 9.41. The zero-order valence-electron chi connectivity index (χ0n) is 20.5. The van der Waals surface area contributed by atoms with E-state index >= 15 is 0 Å². The minimum Gasteiger partial charge on any atom is -0.481 e. The molecule has 5 aliphatic carbocycles. The van der Waals surface area contributed by atoms with E-state index in [4.69, 9.17) is 0 Å². The van der Waals surface area contributed by atoms with E-state index in [0.29, 0.717) is 39.4 Å². The highest BCUT2D eigenvalue weighted by atomic mass is 16.4. The van der Waals surface area contributed by atoms with Crippen LogP contribution in [0.2, 0.25) is 0 Å². The number of fused-ring (bicyclic) bond motifs is 2. The molecule has 0 amide bonds. The van der Waals surface area contributed by atoms with Gasteiger partial charge in [-0.25, -0.2) is 0 Å². The lowest BCUT2D eigenvalue weighted by Crippen LogP contribution is -2.56. The van der Waals surface area contributed by atoms with E-state index in [2.05, 4.69) is 41.5 Å². The van der Waals surface area contributed by atoms with Crippen LogP contribution in [-0.2, 0) is 4.79 Å². The van der Waals surface area contributed by atoms with Crippen LogP contribution in [0.5, 0.6) is 0 Å². The molecule has 2 nitrogen and oxygen atoms in total. The topological polar surface area (TPSA) is 37.3 Å². The predicted octanol–water partition coefficient (Wildman–Crippen LogP) is 7.56. The van der Waals surface area contributed by atoms with Crippen molar-refractivity contribution in [2.24, 2.45) is 56.7 Å². The van der Waals surface area contributed by atoms with E-state index in [-0.39, 0.29) is 0 Å². The van der Waals surface area contributed by atoms with E-state index in [9.17, 15) is 9.90 Å². The van der Waals surface area contributed by atoms with Crippen molar-refractivity contribution in [3.8, 4) is 0 Å². The molecule has 1 N–H and O–H groups in total. The first-order valence-corrected chi connectivity index (χ1v) is 13.2. The van der Waals surface area contributed by atoms with Crippen LogP contribution in [0.25, 0.3) is 0 Å². The molecule has 5 saturated carbocycles. The van der Waals surface area contributed by atoms with Gasteiger partial charge in [-0.1, -0.05) is 41.5 Å². The van der Waals surface area contributed by atoms with Gasteiger partial charge in [0.15, 0.2) is 0 Å². The Morgan fingerprint density at radius 2 is 1.57 bits per heavy atom. The summed E-state index contributed by atoms with van der Waals surface area (Å²) >= 11 is 0. The second-order valence-corrected chi connectivity index (χ2v) is 13.8. The smallest absolute Gasteiger partial charge is 0.303 e. The summed E-state index contributed by atoms with van der Waals surface area (Å²) in [5.41, 5.74) is 2.71. The molecule has 5 rings (SSSR count). The van der Waals surface area contributed by atoms with Crippen molar-refractivity contribution in [2.45, 2.75) is 112 Å². The summed E-state index contributed by atoms with van der Waals surface area (Å²) in [7, 11) is 0. The molecule has 0 saturated heterocycles. The third kappa shape index (κ3) is 2.35. The fourth-order valence-corrected chi connectivity index (χ4v) is 11.0. The third-order valence-electron chi connectivity index (χ3n) is 13.2. The minimum atomic E-state index is -0.622. The Bertz CT molecular complexity index is 741. The van der Waals surface area contributed by atoms with Crippen LogP contribution in [0, 0.1) is 56.7 Å². The summed E-state index contributed by atoms with van der Waals surface area (Å²) < 4.78 is 0. The van der Waals surface area contributed by atoms with Crippen LogP contribution in [-0.4, -0.2) is 11.1 Å². The highest BCUT2D eigenvalue weighted by molar-refractivity contribution is 5.66. The van der Waals surface area contributed by atoms with Gasteiger partial charge in [-0.3, -0.25) is 4.79 Å². The third-order valence-corrected chi connectivity index (χ3v) is 13.2. The highest BCUT2D eigenvalue weighted by Crippen LogP contribution is 2.89. The quantitative estimate of drug-likeness (QED) is 0.515. The Kier molecular flexibility index (Phi) is 4.47. The predicted molar refractivity (Wildman–Crippen MR) is 122 cm³/mol. The average molecular weight is 415 g/mol. The summed E-state index contributed by atoms with van der Waals surface area (Å²) in [5.74, 6) is 3.38. The molecule has 5 aliphatic rings. The van der Waals surface area contributed by atoms with E-state index in [1.54, 1.807) is 0 Å². The van der Waals surface area contributed by atoms with Crippen molar-refractivity contribution < 1.29 is 9.90 Å². The van der Waals surface area contributed by atoms with Crippen molar-refractivity contribution in [1.82, 2.24) is 0 Å². The van der Waals surface area contributed by atoms with Crippen molar-refractivity contribution >= 4 is 5.97 Å². The van der Waals surface area contributed by atoms with Gasteiger partial charge in [-0.2, -0.15) is 0 Å². The Morgan fingerprint density at radius 3 is 2.27 bits per heavy atom. The normalized spacial score (nSPS) is 54.3. The number of aliphatic carboxylic acids is 1. The van der Waals surface area contributed by atoms with Gasteiger partial charge in [0.1, 0.15) is 0 Å². The summed E-state index contributed by atoms with van der Waals surface area (Å²) in [6.45, 7) is 15.4. The first-order chi connectivity index (χ1) is 13.9. The number of rotatable bonds is 4. The summed E-state index contributed by atoms with van der Waals surface area (Å²) in [4.78, 5) is 11.2. The molecule has 170 valence electrons. The summed E-state index contributed by atoms with van der Waals surface area (Å²) in [6, 6.07) is 0. The maximum atomic E-state index is 11.2. The monoisotopic (exact) mass is 414 g/mol. The number of carboxylic acid groups (broad SMARTS) is 1. The molecule has 2 heteroatoms. The van der Waals surface area contributed by atoms with Crippen molar-refractivity contribution in [3.05, 3.63) is 0 Å². The molecule has 0 aromatic carbocycles. The van der Waals surface area contributed by atoms with Gasteiger partial charge in [0.2, 0.25) is 0 Å². The van der Waals surface area contributed by atoms with E-state index in [1.807, 2.05) is 0 Å². The van der Waals surface area contributed by atoms with Gasteiger partial charge in [0.25, 0.3) is 0 Å².